The first-order valence-electron chi connectivity index (χ1n) is 6.16. The number of carbonyl (C=O) groups is 3. The van der Waals surface area contributed by atoms with Gasteiger partial charge in [0.15, 0.2) is 0 Å². The molecule has 0 heterocycles. The first-order chi connectivity index (χ1) is 9.83. The minimum atomic E-state index is -3.90. The van der Waals surface area contributed by atoms with E-state index >= 15 is 0 Å². The molecule has 0 fully saturated rings. The van der Waals surface area contributed by atoms with Crippen LogP contribution in [0.5, 0.6) is 0 Å². The van der Waals surface area contributed by atoms with E-state index in [2.05, 4.69) is 0 Å². The van der Waals surface area contributed by atoms with E-state index in [0.717, 1.165) is 26.3 Å². The maximum atomic E-state index is 11.2. The van der Waals surface area contributed by atoms with Gasteiger partial charge in [0, 0.05) is 26.5 Å². The highest BCUT2D eigenvalue weighted by atomic mass is 28.4. The zero-order valence-corrected chi connectivity index (χ0v) is 13.0. The van der Waals surface area contributed by atoms with E-state index in [0.29, 0.717) is 0 Å². The Kier molecular flexibility index (Phi) is 5.86. The third kappa shape index (κ3) is 6.04. The molecular formula is C14H16O6Si. The molecule has 6 nitrogen and oxygen atoms in total. The third-order valence-corrected chi connectivity index (χ3v) is 4.43. The smallest absolute Gasteiger partial charge is 0.452 e. The molecule has 1 aromatic carbocycles. The molecule has 0 aliphatic rings. The number of hydrogen-bond donors (Lipinski definition) is 0. The van der Waals surface area contributed by atoms with Gasteiger partial charge in [-0.2, -0.15) is 0 Å². The van der Waals surface area contributed by atoms with Crippen LogP contribution in [0.1, 0.15) is 26.3 Å². The van der Waals surface area contributed by atoms with Crippen LogP contribution < -0.4 is 0 Å². The monoisotopic (exact) mass is 308 g/mol. The molecule has 0 aliphatic heterocycles. The zero-order chi connectivity index (χ0) is 15.9. The highest BCUT2D eigenvalue weighted by Crippen LogP contribution is 2.15. The lowest BCUT2D eigenvalue weighted by Crippen LogP contribution is -2.48. The molecule has 0 bridgehead atoms. The first-order valence-corrected chi connectivity index (χ1v) is 7.96. The molecule has 0 atom stereocenters. The predicted molar refractivity (Wildman–Crippen MR) is 76.5 cm³/mol. The Hall–Kier alpha value is -2.41. The van der Waals surface area contributed by atoms with Crippen molar-refractivity contribution >= 4 is 32.8 Å². The summed E-state index contributed by atoms with van der Waals surface area (Å²) in [6.07, 6.45) is 1.57. The van der Waals surface area contributed by atoms with Crippen LogP contribution in [0, 0.1) is 0 Å². The second kappa shape index (κ2) is 7.39. The Labute approximate surface area is 123 Å². The highest BCUT2D eigenvalue weighted by molar-refractivity contribution is 6.71. The summed E-state index contributed by atoms with van der Waals surface area (Å²) in [7, 11) is -3.90. The van der Waals surface area contributed by atoms with E-state index in [-0.39, 0.29) is 0 Å². The summed E-state index contributed by atoms with van der Waals surface area (Å²) >= 11 is 0. The normalized spacial score (nSPS) is 11.0. The van der Waals surface area contributed by atoms with Gasteiger partial charge in [-0.15, -0.1) is 0 Å². The van der Waals surface area contributed by atoms with Gasteiger partial charge in [-0.05, 0) is 5.56 Å². The SMILES string of the molecule is CC(=O)O[Si](/C=C/c1ccccc1)(OC(C)=O)OC(C)=O. The standard InChI is InChI=1S/C14H16O6Si/c1-11(15)18-21(19-12(2)16,20-13(3)17)10-9-14-7-5-4-6-8-14/h4-10H,1-3H3/b10-9+. The fraction of sp³-hybridized carbons (Fsp3) is 0.214. The average molecular weight is 308 g/mol. The van der Waals surface area contributed by atoms with E-state index in [4.69, 9.17) is 13.3 Å². The van der Waals surface area contributed by atoms with Crippen molar-refractivity contribution in [3.63, 3.8) is 0 Å². The Morgan fingerprint density at radius 1 is 0.857 bits per heavy atom. The molecule has 1 rings (SSSR count). The zero-order valence-electron chi connectivity index (χ0n) is 12.0. The molecule has 1 aromatic rings. The minimum Gasteiger partial charge on any atom is -0.452 e. The molecule has 0 N–H and O–H groups in total. The van der Waals surface area contributed by atoms with E-state index in [1.165, 1.54) is 5.70 Å². The van der Waals surface area contributed by atoms with Crippen molar-refractivity contribution < 1.29 is 27.7 Å². The van der Waals surface area contributed by atoms with Crippen molar-refractivity contribution in [2.75, 3.05) is 0 Å². The molecule has 0 aromatic heterocycles. The van der Waals surface area contributed by atoms with Crippen LogP contribution in [-0.2, 0) is 27.7 Å². The van der Waals surface area contributed by atoms with E-state index in [1.54, 1.807) is 18.2 Å². The predicted octanol–water partition coefficient (Wildman–Crippen LogP) is 1.87. The van der Waals surface area contributed by atoms with Crippen molar-refractivity contribution in [1.29, 1.82) is 0 Å². The summed E-state index contributed by atoms with van der Waals surface area (Å²) in [5.41, 5.74) is 2.10. The topological polar surface area (TPSA) is 78.9 Å². The molecule has 0 spiro atoms. The van der Waals surface area contributed by atoms with Gasteiger partial charge in [-0.3, -0.25) is 14.4 Å². The Balaban J connectivity index is 3.12. The highest BCUT2D eigenvalue weighted by Gasteiger charge is 2.49. The van der Waals surface area contributed by atoms with Crippen LogP contribution in [0.15, 0.2) is 36.0 Å². The van der Waals surface area contributed by atoms with E-state index < -0.39 is 26.7 Å². The molecule has 0 aliphatic carbocycles. The van der Waals surface area contributed by atoms with Crippen molar-refractivity contribution in [3.8, 4) is 0 Å². The molecular weight excluding hydrogens is 292 g/mol. The summed E-state index contributed by atoms with van der Waals surface area (Å²) in [5.74, 6) is -2.12. The Morgan fingerprint density at radius 3 is 1.67 bits per heavy atom. The molecule has 0 saturated carbocycles. The molecule has 0 unspecified atom stereocenters. The number of rotatable bonds is 5. The van der Waals surface area contributed by atoms with E-state index in [9.17, 15) is 14.4 Å². The summed E-state index contributed by atoms with van der Waals surface area (Å²) in [6.45, 7) is 3.43. The lowest BCUT2D eigenvalue weighted by molar-refractivity contribution is -0.146. The number of carbonyl (C=O) groups excluding carboxylic acids is 3. The van der Waals surface area contributed by atoms with Crippen molar-refractivity contribution in [2.45, 2.75) is 20.8 Å². The lowest BCUT2D eigenvalue weighted by atomic mass is 10.2. The third-order valence-electron chi connectivity index (χ3n) is 2.14. The van der Waals surface area contributed by atoms with Crippen molar-refractivity contribution in [2.24, 2.45) is 0 Å². The van der Waals surface area contributed by atoms with Crippen LogP contribution in [-0.4, -0.2) is 26.7 Å². The summed E-state index contributed by atoms with van der Waals surface area (Å²) in [5, 5.41) is 0. The number of hydrogen-bond acceptors (Lipinski definition) is 6. The fourth-order valence-corrected chi connectivity index (χ4v) is 3.46. The van der Waals surface area contributed by atoms with Crippen molar-refractivity contribution in [1.82, 2.24) is 0 Å². The fourth-order valence-electron chi connectivity index (χ4n) is 1.53. The average Bonchev–Trinajstić information content (AvgIpc) is 2.35. The minimum absolute atomic E-state index is 0.707. The van der Waals surface area contributed by atoms with Crippen LogP contribution in [0.4, 0.5) is 0 Å². The molecule has 21 heavy (non-hydrogen) atoms. The summed E-state index contributed by atoms with van der Waals surface area (Å²) in [4.78, 5) is 33.7. The largest absolute Gasteiger partial charge is 0.735 e. The maximum absolute atomic E-state index is 11.2. The van der Waals surface area contributed by atoms with Gasteiger partial charge in [0.2, 0.25) is 0 Å². The first kappa shape index (κ1) is 16.6. The Morgan fingerprint density at radius 2 is 1.29 bits per heavy atom. The molecule has 0 radical (unpaired) electrons. The van der Waals surface area contributed by atoms with Gasteiger partial charge < -0.3 is 13.3 Å². The van der Waals surface area contributed by atoms with Gasteiger partial charge in [0.1, 0.15) is 0 Å². The van der Waals surface area contributed by atoms with Crippen LogP contribution in [0.3, 0.4) is 0 Å². The summed E-state index contributed by atoms with van der Waals surface area (Å²) < 4.78 is 15.0. The second-order valence-electron chi connectivity index (χ2n) is 4.13. The Bertz CT molecular complexity index is 511. The quantitative estimate of drug-likeness (QED) is 0.773. The van der Waals surface area contributed by atoms with Crippen molar-refractivity contribution in [3.05, 3.63) is 41.6 Å². The van der Waals surface area contributed by atoms with Gasteiger partial charge in [-0.25, -0.2) is 0 Å². The number of benzene rings is 1. The molecule has 112 valence electrons. The van der Waals surface area contributed by atoms with Crippen LogP contribution >= 0.6 is 0 Å². The molecule has 0 saturated heterocycles. The molecule has 0 amide bonds. The van der Waals surface area contributed by atoms with Crippen LogP contribution in [0.25, 0.3) is 6.08 Å². The van der Waals surface area contributed by atoms with Crippen LogP contribution in [0.2, 0.25) is 0 Å². The van der Waals surface area contributed by atoms with Gasteiger partial charge in [-0.1, -0.05) is 36.4 Å². The van der Waals surface area contributed by atoms with Gasteiger partial charge >= 0.3 is 8.80 Å². The van der Waals surface area contributed by atoms with Gasteiger partial charge in [0.25, 0.3) is 17.9 Å². The summed E-state index contributed by atoms with van der Waals surface area (Å²) in [6, 6.07) is 9.06. The van der Waals surface area contributed by atoms with E-state index in [1.807, 2.05) is 18.2 Å². The lowest BCUT2D eigenvalue weighted by Gasteiger charge is -2.23. The second-order valence-corrected chi connectivity index (χ2v) is 6.28. The maximum Gasteiger partial charge on any atom is 0.735 e. The molecule has 7 heteroatoms. The van der Waals surface area contributed by atoms with Gasteiger partial charge in [0.05, 0.1) is 0 Å².